The number of para-hydroxylation sites is 2. The number of carbonyl (C=O) groups is 1. The molecule has 0 aliphatic rings. The Labute approximate surface area is 148 Å². The smallest absolute Gasteiger partial charge is 0.422 e. The maximum Gasteiger partial charge on any atom is 0.422 e. The highest BCUT2D eigenvalue weighted by Gasteiger charge is 2.29. The Morgan fingerprint density at radius 3 is 2.62 bits per heavy atom. The first-order valence-corrected chi connectivity index (χ1v) is 7.93. The summed E-state index contributed by atoms with van der Waals surface area (Å²) < 4.78 is 41.9. The highest BCUT2D eigenvalue weighted by atomic mass is 19.4. The van der Waals surface area contributed by atoms with Gasteiger partial charge in [-0.1, -0.05) is 12.1 Å². The predicted octanol–water partition coefficient (Wildman–Crippen LogP) is 4.98. The number of nitrogens with one attached hydrogen (secondary N) is 2. The number of aryl methyl sites for hydroxylation is 2. The molecule has 1 amide bonds. The van der Waals surface area contributed by atoms with Gasteiger partial charge in [0.15, 0.2) is 6.61 Å². The Bertz CT molecular complexity index is 961. The van der Waals surface area contributed by atoms with Crippen molar-refractivity contribution in [2.45, 2.75) is 20.0 Å². The van der Waals surface area contributed by atoms with Crippen LogP contribution in [0, 0.1) is 13.8 Å². The standard InChI is InChI=1S/C19H17F3N2O2/c1-11-12(2)23-15-8-7-13(9-14(11)15)18(25)24-16-5-3-4-6-17(16)26-10-19(20,21)22/h3-9,23H,10H2,1-2H3,(H,24,25). The number of ether oxygens (including phenoxy) is 1. The van der Waals surface area contributed by atoms with Gasteiger partial charge < -0.3 is 15.0 Å². The summed E-state index contributed by atoms with van der Waals surface area (Å²) in [5, 5.41) is 3.54. The van der Waals surface area contributed by atoms with Gasteiger partial charge in [-0.05, 0) is 49.7 Å². The van der Waals surface area contributed by atoms with Crippen LogP contribution in [0.4, 0.5) is 18.9 Å². The van der Waals surface area contributed by atoms with E-state index in [9.17, 15) is 18.0 Å². The number of rotatable bonds is 4. The summed E-state index contributed by atoms with van der Waals surface area (Å²) >= 11 is 0. The van der Waals surface area contributed by atoms with Gasteiger partial charge in [-0.2, -0.15) is 13.2 Å². The third-order valence-electron chi connectivity index (χ3n) is 4.10. The number of benzene rings is 2. The number of amides is 1. The van der Waals surface area contributed by atoms with Crippen molar-refractivity contribution >= 4 is 22.5 Å². The van der Waals surface area contributed by atoms with Crippen LogP contribution < -0.4 is 10.1 Å². The molecule has 1 aromatic heterocycles. The lowest BCUT2D eigenvalue weighted by Crippen LogP contribution is -2.20. The highest BCUT2D eigenvalue weighted by Crippen LogP contribution is 2.28. The van der Waals surface area contributed by atoms with Crippen LogP contribution in [0.25, 0.3) is 10.9 Å². The fourth-order valence-electron chi connectivity index (χ4n) is 2.65. The first-order chi connectivity index (χ1) is 12.2. The van der Waals surface area contributed by atoms with E-state index in [4.69, 9.17) is 4.74 Å². The van der Waals surface area contributed by atoms with E-state index in [1.165, 1.54) is 12.1 Å². The molecule has 136 valence electrons. The summed E-state index contributed by atoms with van der Waals surface area (Å²) in [5.74, 6) is -0.457. The molecule has 0 fully saturated rings. The Morgan fingerprint density at radius 2 is 1.88 bits per heavy atom. The number of hydrogen-bond acceptors (Lipinski definition) is 2. The van der Waals surface area contributed by atoms with Crippen LogP contribution in [0.1, 0.15) is 21.6 Å². The molecule has 0 atom stereocenters. The highest BCUT2D eigenvalue weighted by molar-refractivity contribution is 6.07. The van der Waals surface area contributed by atoms with Gasteiger partial charge >= 0.3 is 6.18 Å². The van der Waals surface area contributed by atoms with Crippen molar-refractivity contribution in [3.8, 4) is 5.75 Å². The maximum atomic E-state index is 12.5. The minimum atomic E-state index is -4.45. The molecule has 3 rings (SSSR count). The van der Waals surface area contributed by atoms with Gasteiger partial charge in [-0.15, -0.1) is 0 Å². The van der Waals surface area contributed by atoms with Gasteiger partial charge in [0.05, 0.1) is 5.69 Å². The number of aromatic amines is 1. The van der Waals surface area contributed by atoms with Gasteiger partial charge in [-0.25, -0.2) is 0 Å². The SMILES string of the molecule is Cc1[nH]c2ccc(C(=O)Nc3ccccc3OCC(F)(F)F)cc2c1C. The molecule has 0 radical (unpaired) electrons. The zero-order valence-electron chi connectivity index (χ0n) is 14.2. The minimum Gasteiger partial charge on any atom is -0.482 e. The average molecular weight is 362 g/mol. The lowest BCUT2D eigenvalue weighted by atomic mass is 10.1. The summed E-state index contributed by atoms with van der Waals surface area (Å²) in [6, 6.07) is 11.2. The van der Waals surface area contributed by atoms with Crippen molar-refractivity contribution in [3.05, 3.63) is 59.3 Å². The average Bonchev–Trinajstić information content (AvgIpc) is 2.87. The number of carbonyl (C=O) groups excluding carboxylic acids is 1. The number of fused-ring (bicyclic) bond motifs is 1. The summed E-state index contributed by atoms with van der Waals surface area (Å²) in [5.41, 5.74) is 3.58. The second-order valence-corrected chi connectivity index (χ2v) is 5.99. The van der Waals surface area contributed by atoms with Crippen molar-refractivity contribution in [1.29, 1.82) is 0 Å². The zero-order valence-corrected chi connectivity index (χ0v) is 14.2. The van der Waals surface area contributed by atoms with Crippen molar-refractivity contribution < 1.29 is 22.7 Å². The van der Waals surface area contributed by atoms with E-state index in [0.29, 0.717) is 5.56 Å². The van der Waals surface area contributed by atoms with Crippen molar-refractivity contribution in [3.63, 3.8) is 0 Å². The van der Waals surface area contributed by atoms with Crippen LogP contribution in [0.5, 0.6) is 5.75 Å². The molecule has 0 aliphatic heterocycles. The number of halogens is 3. The van der Waals surface area contributed by atoms with E-state index in [2.05, 4.69) is 10.3 Å². The Hall–Kier alpha value is -2.96. The van der Waals surface area contributed by atoms with Crippen LogP contribution in [0.2, 0.25) is 0 Å². The number of anilines is 1. The molecule has 4 nitrogen and oxygen atoms in total. The molecule has 0 bridgehead atoms. The normalized spacial score (nSPS) is 11.6. The number of alkyl halides is 3. The molecule has 0 unspecified atom stereocenters. The third-order valence-corrected chi connectivity index (χ3v) is 4.10. The topological polar surface area (TPSA) is 54.1 Å². The molecule has 26 heavy (non-hydrogen) atoms. The first-order valence-electron chi connectivity index (χ1n) is 7.93. The van der Waals surface area contributed by atoms with E-state index < -0.39 is 18.7 Å². The molecule has 2 aromatic carbocycles. The quantitative estimate of drug-likeness (QED) is 0.688. The lowest BCUT2D eigenvalue weighted by molar-refractivity contribution is -0.153. The van der Waals surface area contributed by atoms with Crippen LogP contribution >= 0.6 is 0 Å². The molecule has 0 saturated carbocycles. The molecule has 3 aromatic rings. The second kappa shape index (κ2) is 6.74. The molecule has 2 N–H and O–H groups in total. The summed E-state index contributed by atoms with van der Waals surface area (Å²) in [4.78, 5) is 15.8. The molecule has 1 heterocycles. The van der Waals surface area contributed by atoms with Crippen LogP contribution in [-0.4, -0.2) is 23.7 Å². The van der Waals surface area contributed by atoms with Gasteiger partial charge in [-0.3, -0.25) is 4.79 Å². The van der Waals surface area contributed by atoms with Crippen LogP contribution in [0.3, 0.4) is 0 Å². The van der Waals surface area contributed by atoms with Crippen molar-refractivity contribution in [2.75, 3.05) is 11.9 Å². The van der Waals surface area contributed by atoms with Gasteiger partial charge in [0.1, 0.15) is 5.75 Å². The molecule has 0 aliphatic carbocycles. The lowest BCUT2D eigenvalue weighted by Gasteiger charge is -2.13. The van der Waals surface area contributed by atoms with Crippen molar-refractivity contribution in [2.24, 2.45) is 0 Å². The summed E-state index contributed by atoms with van der Waals surface area (Å²) in [6.45, 7) is 2.48. The third kappa shape index (κ3) is 3.82. The summed E-state index contributed by atoms with van der Waals surface area (Å²) in [7, 11) is 0. The van der Waals surface area contributed by atoms with E-state index in [1.807, 2.05) is 13.8 Å². The van der Waals surface area contributed by atoms with Gasteiger partial charge in [0.25, 0.3) is 5.91 Å². The molecule has 0 saturated heterocycles. The molecular weight excluding hydrogens is 345 g/mol. The number of aromatic nitrogens is 1. The molecule has 0 spiro atoms. The number of hydrogen-bond donors (Lipinski definition) is 2. The fourth-order valence-corrected chi connectivity index (χ4v) is 2.65. The largest absolute Gasteiger partial charge is 0.482 e. The molecular formula is C19H17F3N2O2. The fraction of sp³-hybridized carbons (Fsp3) is 0.211. The van der Waals surface area contributed by atoms with Crippen LogP contribution in [-0.2, 0) is 0 Å². The predicted molar refractivity (Wildman–Crippen MR) is 93.7 cm³/mol. The van der Waals surface area contributed by atoms with Gasteiger partial charge in [0.2, 0.25) is 0 Å². The maximum absolute atomic E-state index is 12.5. The van der Waals surface area contributed by atoms with Gasteiger partial charge in [0, 0.05) is 22.2 Å². The Balaban J connectivity index is 1.83. The van der Waals surface area contributed by atoms with Crippen molar-refractivity contribution in [1.82, 2.24) is 4.98 Å². The minimum absolute atomic E-state index is 0.0343. The zero-order chi connectivity index (χ0) is 18.9. The van der Waals surface area contributed by atoms with E-state index in [0.717, 1.165) is 22.2 Å². The molecule has 7 heteroatoms. The monoisotopic (exact) mass is 362 g/mol. The van der Waals surface area contributed by atoms with E-state index in [-0.39, 0.29) is 11.4 Å². The second-order valence-electron chi connectivity index (χ2n) is 5.99. The van der Waals surface area contributed by atoms with E-state index in [1.54, 1.807) is 30.3 Å². The first kappa shape index (κ1) is 17.8. The Kier molecular flexibility index (Phi) is 4.63. The van der Waals surface area contributed by atoms with Crippen LogP contribution in [0.15, 0.2) is 42.5 Å². The summed E-state index contributed by atoms with van der Waals surface area (Å²) in [6.07, 6.45) is -4.45. The number of H-pyrrole nitrogens is 1. The Morgan fingerprint density at radius 1 is 1.15 bits per heavy atom. The van der Waals surface area contributed by atoms with E-state index >= 15 is 0 Å².